The number of carbonyl (C=O) groups is 1. The summed E-state index contributed by atoms with van der Waals surface area (Å²) in [5, 5.41) is 0. The monoisotopic (exact) mass is 344 g/mol. The maximum atomic E-state index is 12.3. The Morgan fingerprint density at radius 3 is 2.64 bits per heavy atom. The van der Waals surface area contributed by atoms with E-state index < -0.39 is 5.60 Å². The number of nitrogens with one attached hydrogen (secondary N) is 1. The van der Waals surface area contributed by atoms with E-state index in [-0.39, 0.29) is 11.5 Å². The first-order valence-corrected chi connectivity index (χ1v) is 8.87. The third-order valence-electron chi connectivity index (χ3n) is 4.90. The number of aromatic amines is 1. The maximum absolute atomic E-state index is 12.3. The summed E-state index contributed by atoms with van der Waals surface area (Å²) < 4.78 is 5.48. The van der Waals surface area contributed by atoms with Crippen LogP contribution in [-0.2, 0) is 10.2 Å². The first-order valence-electron chi connectivity index (χ1n) is 8.87. The number of piperidine rings is 1. The summed E-state index contributed by atoms with van der Waals surface area (Å²) in [5.41, 5.74) is 8.66. The van der Waals surface area contributed by atoms with Gasteiger partial charge in [0.2, 0.25) is 0 Å². The number of nitrogens with zero attached hydrogens (tertiary/aromatic N) is 2. The van der Waals surface area contributed by atoms with E-state index in [2.05, 4.69) is 24.0 Å². The van der Waals surface area contributed by atoms with Gasteiger partial charge in [-0.1, -0.05) is 6.07 Å². The van der Waals surface area contributed by atoms with Crippen LogP contribution in [0.4, 0.5) is 4.79 Å². The Kier molecular flexibility index (Phi) is 4.49. The molecule has 3 N–H and O–H groups in total. The zero-order chi connectivity index (χ0) is 18.2. The summed E-state index contributed by atoms with van der Waals surface area (Å²) in [4.78, 5) is 22.3. The Bertz CT molecular complexity index is 767. The van der Waals surface area contributed by atoms with Crippen molar-refractivity contribution in [2.45, 2.75) is 51.6 Å². The molecule has 2 aromatic rings. The zero-order valence-electron chi connectivity index (χ0n) is 15.6. The van der Waals surface area contributed by atoms with Crippen LogP contribution in [0.25, 0.3) is 11.0 Å². The minimum Gasteiger partial charge on any atom is -0.444 e. The van der Waals surface area contributed by atoms with E-state index in [1.165, 1.54) is 5.56 Å². The van der Waals surface area contributed by atoms with Crippen molar-refractivity contribution in [3.63, 3.8) is 0 Å². The van der Waals surface area contributed by atoms with Gasteiger partial charge in [0.25, 0.3) is 0 Å². The Morgan fingerprint density at radius 1 is 1.36 bits per heavy atom. The average Bonchev–Trinajstić information content (AvgIpc) is 2.97. The van der Waals surface area contributed by atoms with Crippen LogP contribution in [0.15, 0.2) is 18.2 Å². The second-order valence-corrected chi connectivity index (χ2v) is 8.06. The number of hydrogen-bond acceptors (Lipinski definition) is 4. The number of H-pyrrole nitrogens is 1. The molecule has 136 valence electrons. The minimum atomic E-state index is -0.476. The van der Waals surface area contributed by atoms with Gasteiger partial charge in [-0.15, -0.1) is 0 Å². The highest BCUT2D eigenvalue weighted by Crippen LogP contribution is 2.34. The van der Waals surface area contributed by atoms with Gasteiger partial charge < -0.3 is 20.4 Å². The molecular weight excluding hydrogens is 316 g/mol. The summed E-state index contributed by atoms with van der Waals surface area (Å²) in [6, 6.07) is 6.20. The number of aromatic nitrogens is 2. The maximum Gasteiger partial charge on any atom is 0.410 e. The molecular formula is C19H28N4O2. The Balaban J connectivity index is 1.77. The lowest BCUT2D eigenvalue weighted by atomic mass is 9.77. The van der Waals surface area contributed by atoms with E-state index in [4.69, 9.17) is 15.5 Å². The predicted octanol–water partition coefficient (Wildman–Crippen LogP) is 3.10. The molecule has 0 unspecified atom stereocenters. The number of carbonyl (C=O) groups excluding carboxylic acids is 1. The largest absolute Gasteiger partial charge is 0.444 e. The Morgan fingerprint density at radius 2 is 2.04 bits per heavy atom. The molecule has 1 aliphatic rings. The van der Waals surface area contributed by atoms with Crippen LogP contribution in [0.1, 0.15) is 45.0 Å². The molecule has 0 aliphatic carbocycles. The standard InChI is InChI=1S/C19H28N4O2/c1-13-5-6-14-15(11-13)22-16(21-14)19(12-20)7-9-23(10-8-19)17(24)25-18(2,3)4/h5-6,11H,7-10,12,20H2,1-4H3,(H,21,22). The van der Waals surface area contributed by atoms with Gasteiger partial charge in [-0.3, -0.25) is 0 Å². The molecule has 0 spiro atoms. The SMILES string of the molecule is Cc1ccc2nc(C3(CN)CCN(C(=O)OC(C)(C)C)CC3)[nH]c2c1. The third kappa shape index (κ3) is 3.63. The molecule has 0 saturated carbocycles. The summed E-state index contributed by atoms with van der Waals surface area (Å²) in [6.45, 7) is 9.48. The van der Waals surface area contributed by atoms with Gasteiger partial charge >= 0.3 is 6.09 Å². The summed E-state index contributed by atoms with van der Waals surface area (Å²) in [6.07, 6.45) is 1.31. The normalized spacial score (nSPS) is 17.7. The van der Waals surface area contributed by atoms with Crippen molar-refractivity contribution in [2.75, 3.05) is 19.6 Å². The zero-order valence-corrected chi connectivity index (χ0v) is 15.6. The molecule has 1 saturated heterocycles. The van der Waals surface area contributed by atoms with Crippen molar-refractivity contribution >= 4 is 17.1 Å². The highest BCUT2D eigenvalue weighted by molar-refractivity contribution is 5.76. The minimum absolute atomic E-state index is 0.217. The number of ether oxygens (including phenoxy) is 1. The topological polar surface area (TPSA) is 84.2 Å². The predicted molar refractivity (Wildman–Crippen MR) is 98.6 cm³/mol. The number of benzene rings is 1. The lowest BCUT2D eigenvalue weighted by molar-refractivity contribution is 0.0163. The first-order chi connectivity index (χ1) is 11.7. The third-order valence-corrected chi connectivity index (χ3v) is 4.90. The van der Waals surface area contributed by atoms with Crippen molar-refractivity contribution in [1.82, 2.24) is 14.9 Å². The molecule has 0 bridgehead atoms. The van der Waals surface area contributed by atoms with E-state index in [0.717, 1.165) is 29.7 Å². The lowest BCUT2D eigenvalue weighted by Gasteiger charge is -2.40. The average molecular weight is 344 g/mol. The van der Waals surface area contributed by atoms with Crippen LogP contribution < -0.4 is 5.73 Å². The molecule has 6 nitrogen and oxygen atoms in total. The number of amides is 1. The van der Waals surface area contributed by atoms with Crippen LogP contribution in [0.2, 0.25) is 0 Å². The number of rotatable bonds is 2. The molecule has 3 rings (SSSR count). The number of hydrogen-bond donors (Lipinski definition) is 2. The second kappa shape index (κ2) is 6.33. The quantitative estimate of drug-likeness (QED) is 0.877. The number of nitrogens with two attached hydrogens (primary N) is 1. The van der Waals surface area contributed by atoms with E-state index in [1.54, 1.807) is 4.90 Å². The van der Waals surface area contributed by atoms with Crippen LogP contribution in [0, 0.1) is 6.92 Å². The van der Waals surface area contributed by atoms with Crippen LogP contribution in [-0.4, -0.2) is 46.2 Å². The van der Waals surface area contributed by atoms with Gasteiger partial charge in [-0.2, -0.15) is 0 Å². The van der Waals surface area contributed by atoms with E-state index in [1.807, 2.05) is 26.8 Å². The molecule has 1 fully saturated rings. The van der Waals surface area contributed by atoms with Crippen molar-refractivity contribution in [1.29, 1.82) is 0 Å². The number of imidazole rings is 1. The Labute approximate surface area is 148 Å². The van der Waals surface area contributed by atoms with Gasteiger partial charge in [0.1, 0.15) is 11.4 Å². The van der Waals surface area contributed by atoms with Crippen molar-refractivity contribution < 1.29 is 9.53 Å². The molecule has 1 aromatic carbocycles. The van der Waals surface area contributed by atoms with Crippen molar-refractivity contribution in [2.24, 2.45) is 5.73 Å². The van der Waals surface area contributed by atoms with E-state index >= 15 is 0 Å². The first kappa shape index (κ1) is 17.7. The van der Waals surface area contributed by atoms with Gasteiger partial charge in [-0.25, -0.2) is 9.78 Å². The number of likely N-dealkylation sites (tertiary alicyclic amines) is 1. The Hall–Kier alpha value is -2.08. The second-order valence-electron chi connectivity index (χ2n) is 8.06. The smallest absolute Gasteiger partial charge is 0.410 e. The fourth-order valence-electron chi connectivity index (χ4n) is 3.36. The molecule has 1 amide bonds. The fourth-order valence-corrected chi connectivity index (χ4v) is 3.36. The summed E-state index contributed by atoms with van der Waals surface area (Å²) in [5.74, 6) is 0.930. The molecule has 0 atom stereocenters. The molecule has 2 heterocycles. The molecule has 25 heavy (non-hydrogen) atoms. The molecule has 1 aliphatic heterocycles. The number of fused-ring (bicyclic) bond motifs is 1. The summed E-state index contributed by atoms with van der Waals surface area (Å²) in [7, 11) is 0. The van der Waals surface area contributed by atoms with Gasteiger partial charge in [0, 0.05) is 25.0 Å². The van der Waals surface area contributed by atoms with Crippen molar-refractivity contribution in [3.05, 3.63) is 29.6 Å². The van der Waals surface area contributed by atoms with Gasteiger partial charge in [0.15, 0.2) is 0 Å². The highest BCUT2D eigenvalue weighted by atomic mass is 16.6. The molecule has 1 aromatic heterocycles. The fraction of sp³-hybridized carbons (Fsp3) is 0.579. The van der Waals surface area contributed by atoms with Crippen LogP contribution in [0.5, 0.6) is 0 Å². The van der Waals surface area contributed by atoms with Crippen LogP contribution in [0.3, 0.4) is 0 Å². The lowest BCUT2D eigenvalue weighted by Crippen LogP contribution is -2.50. The molecule has 0 radical (unpaired) electrons. The summed E-state index contributed by atoms with van der Waals surface area (Å²) >= 11 is 0. The van der Waals surface area contributed by atoms with E-state index in [0.29, 0.717) is 19.6 Å². The van der Waals surface area contributed by atoms with E-state index in [9.17, 15) is 4.79 Å². The van der Waals surface area contributed by atoms with Crippen LogP contribution >= 0.6 is 0 Å². The highest BCUT2D eigenvalue weighted by Gasteiger charge is 2.39. The van der Waals surface area contributed by atoms with Gasteiger partial charge in [-0.05, 0) is 58.2 Å². The number of aryl methyl sites for hydroxylation is 1. The van der Waals surface area contributed by atoms with Gasteiger partial charge in [0.05, 0.1) is 11.0 Å². The van der Waals surface area contributed by atoms with Crippen molar-refractivity contribution in [3.8, 4) is 0 Å². The molecule has 6 heteroatoms.